The molecule has 1 N–H and O–H groups in total. The van der Waals surface area contributed by atoms with Gasteiger partial charge in [0.15, 0.2) is 0 Å². The number of thiophene rings is 1. The Morgan fingerprint density at radius 1 is 1.61 bits per heavy atom. The first-order chi connectivity index (χ1) is 8.18. The lowest BCUT2D eigenvalue weighted by molar-refractivity contribution is 0.0769. The second-order valence-corrected chi connectivity index (χ2v) is 5.75. The van der Waals surface area contributed by atoms with Crippen molar-refractivity contribution in [3.05, 3.63) is 21.9 Å². The predicted molar refractivity (Wildman–Crippen MR) is 78.9 cm³/mol. The summed E-state index contributed by atoms with van der Waals surface area (Å²) in [7, 11) is 1.91. The van der Waals surface area contributed by atoms with Crippen LogP contribution < -0.4 is 5.32 Å². The zero-order chi connectivity index (χ0) is 12.3. The second-order valence-electron chi connectivity index (χ2n) is 4.83. The number of hydrogen-bond donors (Lipinski definition) is 1. The van der Waals surface area contributed by atoms with Gasteiger partial charge in [-0.1, -0.05) is 0 Å². The molecule has 0 bridgehead atoms. The minimum atomic E-state index is 0. The van der Waals surface area contributed by atoms with E-state index in [1.807, 2.05) is 30.3 Å². The summed E-state index contributed by atoms with van der Waals surface area (Å²) < 4.78 is 0. The first kappa shape index (κ1) is 15.5. The third-order valence-corrected chi connectivity index (χ3v) is 4.34. The lowest BCUT2D eigenvalue weighted by Crippen LogP contribution is -2.39. The molecule has 1 aromatic rings. The average molecular weight is 289 g/mol. The molecule has 0 aliphatic carbocycles. The molecule has 1 amide bonds. The average Bonchev–Trinajstić information content (AvgIpc) is 2.76. The zero-order valence-corrected chi connectivity index (χ0v) is 12.6. The Morgan fingerprint density at radius 2 is 2.39 bits per heavy atom. The van der Waals surface area contributed by atoms with Crippen molar-refractivity contribution in [3.63, 3.8) is 0 Å². The van der Waals surface area contributed by atoms with Gasteiger partial charge >= 0.3 is 0 Å². The van der Waals surface area contributed by atoms with Crippen molar-refractivity contribution in [2.75, 3.05) is 26.7 Å². The van der Waals surface area contributed by atoms with Crippen molar-refractivity contribution in [1.82, 2.24) is 10.2 Å². The number of hydrogen-bond acceptors (Lipinski definition) is 3. The smallest absolute Gasteiger partial charge is 0.263 e. The fourth-order valence-corrected chi connectivity index (χ4v) is 3.23. The van der Waals surface area contributed by atoms with Crippen LogP contribution in [0.4, 0.5) is 0 Å². The van der Waals surface area contributed by atoms with Crippen molar-refractivity contribution >= 4 is 29.7 Å². The molecule has 102 valence electrons. The summed E-state index contributed by atoms with van der Waals surface area (Å²) in [5.74, 6) is 0.779. The molecule has 1 aliphatic heterocycles. The van der Waals surface area contributed by atoms with Crippen molar-refractivity contribution < 1.29 is 4.79 Å². The molecule has 0 saturated carbocycles. The molecule has 1 aliphatic rings. The van der Waals surface area contributed by atoms with Crippen LogP contribution in [0.1, 0.15) is 28.1 Å². The highest BCUT2D eigenvalue weighted by Crippen LogP contribution is 2.19. The van der Waals surface area contributed by atoms with Gasteiger partial charge in [-0.15, -0.1) is 23.7 Å². The van der Waals surface area contributed by atoms with Crippen molar-refractivity contribution in [3.8, 4) is 0 Å². The van der Waals surface area contributed by atoms with Crippen LogP contribution in [-0.2, 0) is 0 Å². The van der Waals surface area contributed by atoms with Crippen LogP contribution in [0.15, 0.2) is 11.4 Å². The summed E-state index contributed by atoms with van der Waals surface area (Å²) in [4.78, 5) is 15.0. The van der Waals surface area contributed by atoms with Crippen molar-refractivity contribution in [2.45, 2.75) is 19.8 Å². The highest BCUT2D eigenvalue weighted by atomic mass is 35.5. The molecule has 18 heavy (non-hydrogen) atoms. The van der Waals surface area contributed by atoms with Crippen LogP contribution in [0.3, 0.4) is 0 Å². The molecule has 1 fully saturated rings. The van der Waals surface area contributed by atoms with E-state index in [0.717, 1.165) is 30.1 Å². The van der Waals surface area contributed by atoms with Crippen LogP contribution in [0, 0.1) is 12.8 Å². The molecule has 2 rings (SSSR count). The Morgan fingerprint density at radius 3 is 2.94 bits per heavy atom. The van der Waals surface area contributed by atoms with Crippen molar-refractivity contribution in [1.29, 1.82) is 0 Å². The fraction of sp³-hybridized carbons (Fsp3) is 0.615. The molecule has 3 nitrogen and oxygen atoms in total. The third kappa shape index (κ3) is 3.70. The normalized spacial score (nSPS) is 19.1. The first-order valence-corrected chi connectivity index (χ1v) is 7.06. The van der Waals surface area contributed by atoms with E-state index in [1.54, 1.807) is 11.3 Å². The van der Waals surface area contributed by atoms with Gasteiger partial charge in [-0.2, -0.15) is 0 Å². The Labute approximate surface area is 119 Å². The van der Waals surface area contributed by atoms with Gasteiger partial charge in [-0.25, -0.2) is 0 Å². The number of carbonyl (C=O) groups is 1. The lowest BCUT2D eigenvalue weighted by atomic mass is 9.99. The molecule has 0 radical (unpaired) electrons. The summed E-state index contributed by atoms with van der Waals surface area (Å²) in [6.45, 7) is 5.03. The minimum absolute atomic E-state index is 0. The maximum absolute atomic E-state index is 12.2. The fourth-order valence-electron chi connectivity index (χ4n) is 2.32. The highest BCUT2D eigenvalue weighted by Gasteiger charge is 2.20. The van der Waals surface area contributed by atoms with Gasteiger partial charge in [0, 0.05) is 13.6 Å². The number of aryl methyl sites for hydroxylation is 1. The molecule has 1 aromatic heterocycles. The van der Waals surface area contributed by atoms with Crippen LogP contribution >= 0.6 is 23.7 Å². The molecule has 1 unspecified atom stereocenters. The lowest BCUT2D eigenvalue weighted by Gasteiger charge is -2.27. The van der Waals surface area contributed by atoms with E-state index in [0.29, 0.717) is 5.92 Å². The Balaban J connectivity index is 0.00000162. The van der Waals surface area contributed by atoms with Gasteiger partial charge in [-0.05, 0) is 55.8 Å². The first-order valence-electron chi connectivity index (χ1n) is 6.18. The quantitative estimate of drug-likeness (QED) is 0.927. The van der Waals surface area contributed by atoms with E-state index in [1.165, 1.54) is 12.8 Å². The number of piperidine rings is 1. The summed E-state index contributed by atoms with van der Waals surface area (Å²) in [6, 6.07) is 2.01. The maximum atomic E-state index is 12.2. The summed E-state index contributed by atoms with van der Waals surface area (Å²) in [6.07, 6.45) is 2.46. The largest absolute Gasteiger partial charge is 0.341 e. The third-order valence-electron chi connectivity index (χ3n) is 3.33. The standard InChI is InChI=1S/C13H20N2OS.ClH/c1-10-5-7-17-12(10)13(16)15(2)9-11-4-3-6-14-8-11;/h5,7,11,14H,3-4,6,8-9H2,1-2H3;1H. The number of amides is 1. The van der Waals surface area contributed by atoms with Gasteiger partial charge in [0.1, 0.15) is 0 Å². The molecule has 5 heteroatoms. The number of nitrogens with zero attached hydrogens (tertiary/aromatic N) is 1. The van der Waals surface area contributed by atoms with E-state index in [2.05, 4.69) is 5.32 Å². The molecule has 1 saturated heterocycles. The number of rotatable bonds is 3. The minimum Gasteiger partial charge on any atom is -0.341 e. The summed E-state index contributed by atoms with van der Waals surface area (Å²) in [5, 5.41) is 5.37. The highest BCUT2D eigenvalue weighted by molar-refractivity contribution is 7.12. The van der Waals surface area contributed by atoms with Gasteiger partial charge in [0.05, 0.1) is 4.88 Å². The van der Waals surface area contributed by atoms with Crippen LogP contribution in [0.25, 0.3) is 0 Å². The number of nitrogens with one attached hydrogen (secondary N) is 1. The van der Waals surface area contributed by atoms with Gasteiger partial charge in [-0.3, -0.25) is 4.79 Å². The summed E-state index contributed by atoms with van der Waals surface area (Å²) in [5.41, 5.74) is 1.09. The SMILES string of the molecule is Cc1ccsc1C(=O)N(C)CC1CCCNC1.Cl. The van der Waals surface area contributed by atoms with E-state index in [-0.39, 0.29) is 18.3 Å². The van der Waals surface area contributed by atoms with Gasteiger partial charge in [0.25, 0.3) is 5.91 Å². The Hall–Kier alpha value is -0.580. The van der Waals surface area contributed by atoms with Crippen LogP contribution in [-0.4, -0.2) is 37.5 Å². The number of halogens is 1. The van der Waals surface area contributed by atoms with Crippen LogP contribution in [0.5, 0.6) is 0 Å². The molecular formula is C13H21ClN2OS. The second kappa shape index (κ2) is 7.12. The number of carbonyl (C=O) groups excluding carboxylic acids is 1. The van der Waals surface area contributed by atoms with E-state index >= 15 is 0 Å². The van der Waals surface area contributed by atoms with E-state index in [4.69, 9.17) is 0 Å². The predicted octanol–water partition coefficient (Wildman–Crippen LogP) is 2.55. The molecule has 0 spiro atoms. The van der Waals surface area contributed by atoms with E-state index in [9.17, 15) is 4.79 Å². The molecule has 1 atom stereocenters. The summed E-state index contributed by atoms with van der Waals surface area (Å²) >= 11 is 1.54. The molecular weight excluding hydrogens is 268 g/mol. The van der Waals surface area contributed by atoms with Crippen LogP contribution in [0.2, 0.25) is 0 Å². The monoisotopic (exact) mass is 288 g/mol. The van der Waals surface area contributed by atoms with Gasteiger partial charge < -0.3 is 10.2 Å². The topological polar surface area (TPSA) is 32.3 Å². The zero-order valence-electron chi connectivity index (χ0n) is 10.9. The van der Waals surface area contributed by atoms with E-state index < -0.39 is 0 Å². The molecule has 0 aromatic carbocycles. The van der Waals surface area contributed by atoms with Crippen molar-refractivity contribution in [2.24, 2.45) is 5.92 Å². The Kier molecular flexibility index (Phi) is 6.12. The molecule has 2 heterocycles. The Bertz CT molecular complexity index is 388. The van der Waals surface area contributed by atoms with Gasteiger partial charge in [0.2, 0.25) is 0 Å². The maximum Gasteiger partial charge on any atom is 0.263 e.